The molecule has 1 heterocycles. The monoisotopic (exact) mass is 145 g/mol. The van der Waals surface area contributed by atoms with Gasteiger partial charge in [-0.2, -0.15) is 0 Å². The Hall–Kier alpha value is -1.57. The van der Waals surface area contributed by atoms with Gasteiger partial charge in [0.1, 0.15) is 6.26 Å². The van der Waals surface area contributed by atoms with Gasteiger partial charge in [0.2, 0.25) is 0 Å². The zero-order valence-electron chi connectivity index (χ0n) is 5.90. The lowest BCUT2D eigenvalue weighted by Gasteiger charge is -2.10. The van der Waals surface area contributed by atoms with Crippen LogP contribution in [0.5, 0.6) is 0 Å². The summed E-state index contributed by atoms with van der Waals surface area (Å²) in [6.07, 6.45) is 4.47. The lowest BCUT2D eigenvalue weighted by Crippen LogP contribution is -1.85. The van der Waals surface area contributed by atoms with Crippen molar-refractivity contribution in [2.24, 2.45) is 0 Å². The first-order chi connectivity index (χ1) is 5.47. The molecule has 0 aromatic carbocycles. The molecule has 0 unspecified atom stereocenters. The number of benzene rings is 1. The third-order valence-electron chi connectivity index (χ3n) is 1.57. The summed E-state index contributed by atoms with van der Waals surface area (Å²) < 4.78 is 4.47. The molecule has 0 bridgehead atoms. The van der Waals surface area contributed by atoms with Crippen molar-refractivity contribution in [3.8, 4) is 11.1 Å². The average Bonchev–Trinajstić information content (AvgIpc) is 2.53. The standard InChI is InChI=1S/C6H4.C3H3NO/c1-2-6-4-3-5(1)6;1-2-5-3-4-1/h1-4H;1-3H. The lowest BCUT2D eigenvalue weighted by molar-refractivity contribution is 0.558. The Morgan fingerprint density at radius 3 is 1.73 bits per heavy atom. The molecule has 0 amide bonds. The van der Waals surface area contributed by atoms with Crippen LogP contribution in [0.25, 0.3) is 11.1 Å². The molecule has 2 aliphatic carbocycles. The fraction of sp³-hybridized carbons (Fsp3) is 0. The number of oxazole rings is 1. The normalized spacial score (nSPS) is 9.82. The van der Waals surface area contributed by atoms with E-state index < -0.39 is 0 Å². The summed E-state index contributed by atoms with van der Waals surface area (Å²) in [5.41, 5.74) is 2.85. The Morgan fingerprint density at radius 1 is 1.00 bits per heavy atom. The van der Waals surface area contributed by atoms with E-state index in [2.05, 4.69) is 33.7 Å². The Morgan fingerprint density at radius 2 is 1.64 bits per heavy atom. The predicted octanol–water partition coefficient (Wildman–Crippen LogP) is 2.34. The summed E-state index contributed by atoms with van der Waals surface area (Å²) in [7, 11) is 0. The van der Waals surface area contributed by atoms with Gasteiger partial charge < -0.3 is 4.42 Å². The molecule has 0 N–H and O–H groups in total. The molecule has 1 aromatic rings. The van der Waals surface area contributed by atoms with Gasteiger partial charge in [-0.1, -0.05) is 24.3 Å². The van der Waals surface area contributed by atoms with Gasteiger partial charge in [0, 0.05) is 0 Å². The van der Waals surface area contributed by atoms with E-state index in [1.54, 1.807) is 6.20 Å². The van der Waals surface area contributed by atoms with Crippen molar-refractivity contribution < 1.29 is 4.42 Å². The van der Waals surface area contributed by atoms with E-state index >= 15 is 0 Å². The van der Waals surface area contributed by atoms with Crippen molar-refractivity contribution in [2.45, 2.75) is 0 Å². The van der Waals surface area contributed by atoms with Crippen LogP contribution in [-0.4, -0.2) is 4.98 Å². The highest BCUT2D eigenvalue weighted by Gasteiger charge is 2.03. The molecule has 2 aliphatic rings. The van der Waals surface area contributed by atoms with Crippen LogP contribution in [0.2, 0.25) is 0 Å². The molecule has 0 radical (unpaired) electrons. The minimum Gasteiger partial charge on any atom is -0.452 e. The summed E-state index contributed by atoms with van der Waals surface area (Å²) in [4.78, 5) is 3.56. The van der Waals surface area contributed by atoms with Crippen LogP contribution >= 0.6 is 0 Å². The van der Waals surface area contributed by atoms with Crippen molar-refractivity contribution >= 4 is 0 Å². The Kier molecular flexibility index (Phi) is 1.44. The predicted molar refractivity (Wildman–Crippen MR) is 41.9 cm³/mol. The number of hydrogen-bond donors (Lipinski definition) is 0. The van der Waals surface area contributed by atoms with Crippen LogP contribution in [0.4, 0.5) is 0 Å². The fourth-order valence-corrected chi connectivity index (χ4v) is 0.838. The van der Waals surface area contributed by atoms with Crippen molar-refractivity contribution in [1.82, 2.24) is 4.98 Å². The van der Waals surface area contributed by atoms with Gasteiger partial charge in [-0.3, -0.25) is 0 Å². The zero-order valence-corrected chi connectivity index (χ0v) is 5.90. The van der Waals surface area contributed by atoms with Crippen LogP contribution in [0.15, 0.2) is 47.5 Å². The highest BCUT2D eigenvalue weighted by atomic mass is 16.3. The number of hydrogen-bond acceptors (Lipinski definition) is 2. The smallest absolute Gasteiger partial charge is 0.180 e. The van der Waals surface area contributed by atoms with Gasteiger partial charge in [-0.15, -0.1) is 0 Å². The van der Waals surface area contributed by atoms with Crippen LogP contribution in [-0.2, 0) is 0 Å². The zero-order chi connectivity index (χ0) is 7.52. The van der Waals surface area contributed by atoms with Crippen molar-refractivity contribution in [2.75, 3.05) is 0 Å². The highest BCUT2D eigenvalue weighted by molar-refractivity contribution is 5.75. The molecule has 0 atom stereocenters. The van der Waals surface area contributed by atoms with E-state index in [0.29, 0.717) is 0 Å². The molecule has 54 valence electrons. The summed E-state index contributed by atoms with van der Waals surface area (Å²) in [5, 5.41) is 0. The summed E-state index contributed by atoms with van der Waals surface area (Å²) >= 11 is 0. The lowest BCUT2D eigenvalue weighted by atomic mass is 9.95. The van der Waals surface area contributed by atoms with Crippen LogP contribution in [0, 0.1) is 0 Å². The molecule has 0 aliphatic heterocycles. The first-order valence-electron chi connectivity index (χ1n) is 3.39. The third kappa shape index (κ3) is 1.15. The molecular formula is C9H7NO. The molecule has 0 saturated heterocycles. The van der Waals surface area contributed by atoms with Crippen molar-refractivity contribution in [3.05, 3.63) is 43.1 Å². The highest BCUT2D eigenvalue weighted by Crippen LogP contribution is 2.29. The maximum atomic E-state index is 4.47. The molecule has 0 saturated carbocycles. The van der Waals surface area contributed by atoms with E-state index in [1.165, 1.54) is 23.8 Å². The molecule has 0 fully saturated rings. The number of aromatic nitrogens is 1. The minimum atomic E-state index is 1.38. The van der Waals surface area contributed by atoms with Crippen molar-refractivity contribution in [3.63, 3.8) is 0 Å². The average molecular weight is 145 g/mol. The van der Waals surface area contributed by atoms with Gasteiger partial charge in [0.25, 0.3) is 0 Å². The Bertz CT molecular complexity index is 272. The molecule has 11 heavy (non-hydrogen) atoms. The van der Waals surface area contributed by atoms with E-state index in [1.807, 2.05) is 0 Å². The fourth-order valence-electron chi connectivity index (χ4n) is 0.838. The summed E-state index contributed by atoms with van der Waals surface area (Å²) in [5.74, 6) is 0. The second kappa shape index (κ2) is 2.58. The Balaban J connectivity index is 0.0000000893. The minimum absolute atomic E-state index is 1.38. The molecular weight excluding hydrogens is 138 g/mol. The van der Waals surface area contributed by atoms with Crippen LogP contribution in [0.1, 0.15) is 0 Å². The van der Waals surface area contributed by atoms with Gasteiger partial charge in [-0.25, -0.2) is 4.98 Å². The quantitative estimate of drug-likeness (QED) is 0.485. The second-order valence-electron chi connectivity index (χ2n) is 2.25. The molecule has 2 nitrogen and oxygen atoms in total. The maximum absolute atomic E-state index is 4.47. The Labute approximate surface area is 64.5 Å². The van der Waals surface area contributed by atoms with Gasteiger partial charge in [0.15, 0.2) is 6.39 Å². The van der Waals surface area contributed by atoms with E-state index in [4.69, 9.17) is 0 Å². The SMILES string of the molecule is c1cc2ccc1-2.c1cocn1. The first kappa shape index (κ1) is 6.16. The largest absolute Gasteiger partial charge is 0.452 e. The molecule has 1 aromatic heterocycles. The number of rotatable bonds is 0. The first-order valence-corrected chi connectivity index (χ1v) is 3.39. The summed E-state index contributed by atoms with van der Waals surface area (Å²) in [6, 6.07) is 8.48. The van der Waals surface area contributed by atoms with Gasteiger partial charge >= 0.3 is 0 Å². The molecule has 2 heteroatoms. The number of nitrogens with zero attached hydrogens (tertiary/aromatic N) is 1. The number of fused-ring (bicyclic) bond motifs is 1. The van der Waals surface area contributed by atoms with Crippen LogP contribution < -0.4 is 0 Å². The molecule has 0 spiro atoms. The second-order valence-corrected chi connectivity index (χ2v) is 2.25. The van der Waals surface area contributed by atoms with Gasteiger partial charge in [0.05, 0.1) is 6.20 Å². The summed E-state index contributed by atoms with van der Waals surface area (Å²) in [6.45, 7) is 0. The van der Waals surface area contributed by atoms with E-state index in [0.717, 1.165) is 0 Å². The van der Waals surface area contributed by atoms with E-state index in [-0.39, 0.29) is 0 Å². The van der Waals surface area contributed by atoms with Gasteiger partial charge in [-0.05, 0) is 11.1 Å². The maximum Gasteiger partial charge on any atom is 0.180 e. The third-order valence-corrected chi connectivity index (χ3v) is 1.57. The van der Waals surface area contributed by atoms with Crippen molar-refractivity contribution in [1.29, 1.82) is 0 Å². The van der Waals surface area contributed by atoms with E-state index in [9.17, 15) is 0 Å². The van der Waals surface area contributed by atoms with Crippen LogP contribution in [0.3, 0.4) is 0 Å². The topological polar surface area (TPSA) is 26.0 Å². The molecule has 3 rings (SSSR count).